The molecule has 0 fully saturated rings. The molecule has 0 heterocycles. The molecule has 0 aliphatic heterocycles. The zero-order valence-electron chi connectivity index (χ0n) is 7.29. The SMILES string of the molecule is CCOc1cc(C)c(N)c(O)c1. The summed E-state index contributed by atoms with van der Waals surface area (Å²) in [6, 6.07) is 3.32. The van der Waals surface area contributed by atoms with Crippen LogP contribution < -0.4 is 10.5 Å². The van der Waals surface area contributed by atoms with Gasteiger partial charge in [-0.15, -0.1) is 0 Å². The molecule has 0 saturated carbocycles. The highest BCUT2D eigenvalue weighted by molar-refractivity contribution is 5.60. The molecule has 1 rings (SSSR count). The monoisotopic (exact) mass is 167 g/mol. The molecule has 3 heteroatoms. The lowest BCUT2D eigenvalue weighted by Crippen LogP contribution is -1.95. The van der Waals surface area contributed by atoms with Gasteiger partial charge in [0.25, 0.3) is 0 Å². The van der Waals surface area contributed by atoms with Crippen LogP contribution in [0.15, 0.2) is 12.1 Å². The molecule has 1 aromatic rings. The van der Waals surface area contributed by atoms with Gasteiger partial charge in [0.2, 0.25) is 0 Å². The van der Waals surface area contributed by atoms with Crippen LogP contribution in [0.1, 0.15) is 12.5 Å². The zero-order chi connectivity index (χ0) is 9.14. The number of ether oxygens (including phenoxy) is 1. The summed E-state index contributed by atoms with van der Waals surface area (Å²) in [5.41, 5.74) is 6.79. The highest BCUT2D eigenvalue weighted by atomic mass is 16.5. The van der Waals surface area contributed by atoms with Crippen molar-refractivity contribution in [2.75, 3.05) is 12.3 Å². The first-order chi connectivity index (χ1) is 5.65. The second-order valence-electron chi connectivity index (χ2n) is 2.61. The fourth-order valence-corrected chi connectivity index (χ4v) is 0.997. The van der Waals surface area contributed by atoms with Crippen LogP contribution in [0.4, 0.5) is 5.69 Å². The molecule has 0 amide bonds. The van der Waals surface area contributed by atoms with Crippen molar-refractivity contribution in [2.24, 2.45) is 0 Å². The fraction of sp³-hybridized carbons (Fsp3) is 0.333. The molecule has 0 radical (unpaired) electrons. The van der Waals surface area contributed by atoms with Gasteiger partial charge < -0.3 is 15.6 Å². The normalized spacial score (nSPS) is 9.83. The van der Waals surface area contributed by atoms with E-state index in [1.165, 1.54) is 6.07 Å². The largest absolute Gasteiger partial charge is 0.506 e. The summed E-state index contributed by atoms with van der Waals surface area (Å²) in [6.07, 6.45) is 0. The van der Waals surface area contributed by atoms with Gasteiger partial charge in [0, 0.05) is 6.07 Å². The van der Waals surface area contributed by atoms with E-state index >= 15 is 0 Å². The minimum Gasteiger partial charge on any atom is -0.506 e. The van der Waals surface area contributed by atoms with Crippen LogP contribution in [0.5, 0.6) is 11.5 Å². The lowest BCUT2D eigenvalue weighted by atomic mass is 10.2. The second kappa shape index (κ2) is 3.34. The van der Waals surface area contributed by atoms with E-state index in [2.05, 4.69) is 0 Å². The van der Waals surface area contributed by atoms with Crippen LogP contribution >= 0.6 is 0 Å². The van der Waals surface area contributed by atoms with Crippen LogP contribution in [-0.4, -0.2) is 11.7 Å². The zero-order valence-corrected chi connectivity index (χ0v) is 7.29. The van der Waals surface area contributed by atoms with Gasteiger partial charge in [0.1, 0.15) is 11.5 Å². The first kappa shape index (κ1) is 8.71. The lowest BCUT2D eigenvalue weighted by molar-refractivity contribution is 0.337. The van der Waals surface area contributed by atoms with Crippen molar-refractivity contribution in [2.45, 2.75) is 13.8 Å². The maximum Gasteiger partial charge on any atom is 0.142 e. The molecule has 0 atom stereocenters. The van der Waals surface area contributed by atoms with Crippen molar-refractivity contribution in [1.82, 2.24) is 0 Å². The van der Waals surface area contributed by atoms with Gasteiger partial charge in [-0.1, -0.05) is 0 Å². The van der Waals surface area contributed by atoms with E-state index in [0.717, 1.165) is 5.56 Å². The Bertz CT molecular complexity index is 261. The van der Waals surface area contributed by atoms with Gasteiger partial charge in [-0.2, -0.15) is 0 Å². The Morgan fingerprint density at radius 2 is 2.17 bits per heavy atom. The summed E-state index contributed by atoms with van der Waals surface area (Å²) in [7, 11) is 0. The van der Waals surface area contributed by atoms with Crippen LogP contribution in [0.2, 0.25) is 0 Å². The van der Waals surface area contributed by atoms with Gasteiger partial charge in [-0.25, -0.2) is 0 Å². The molecule has 0 bridgehead atoms. The average Bonchev–Trinajstić information content (AvgIpc) is 2.01. The number of phenols is 1. The van der Waals surface area contributed by atoms with Crippen molar-refractivity contribution < 1.29 is 9.84 Å². The minimum atomic E-state index is 0.0819. The average molecular weight is 167 g/mol. The quantitative estimate of drug-likeness (QED) is 0.520. The molecule has 0 spiro atoms. The van der Waals surface area contributed by atoms with Gasteiger partial charge in [0.15, 0.2) is 0 Å². The van der Waals surface area contributed by atoms with E-state index in [4.69, 9.17) is 10.5 Å². The van der Waals surface area contributed by atoms with Crippen molar-refractivity contribution in [1.29, 1.82) is 0 Å². The van der Waals surface area contributed by atoms with E-state index in [0.29, 0.717) is 18.0 Å². The van der Waals surface area contributed by atoms with E-state index in [1.807, 2.05) is 13.8 Å². The smallest absolute Gasteiger partial charge is 0.142 e. The Balaban J connectivity index is 3.04. The highest BCUT2D eigenvalue weighted by Crippen LogP contribution is 2.29. The number of hydrogen-bond donors (Lipinski definition) is 2. The van der Waals surface area contributed by atoms with Crippen LogP contribution in [0.25, 0.3) is 0 Å². The number of nitrogen functional groups attached to an aromatic ring is 1. The molecule has 0 aromatic heterocycles. The van der Waals surface area contributed by atoms with Crippen molar-refractivity contribution in [3.05, 3.63) is 17.7 Å². The van der Waals surface area contributed by atoms with Crippen LogP contribution in [0.3, 0.4) is 0 Å². The predicted octanol–water partition coefficient (Wildman–Crippen LogP) is 1.68. The molecule has 3 N–H and O–H groups in total. The number of nitrogens with two attached hydrogens (primary N) is 1. The van der Waals surface area contributed by atoms with Gasteiger partial charge in [-0.05, 0) is 25.5 Å². The maximum absolute atomic E-state index is 9.30. The fourth-order valence-electron chi connectivity index (χ4n) is 0.997. The maximum atomic E-state index is 9.30. The summed E-state index contributed by atoms with van der Waals surface area (Å²) in [5, 5.41) is 9.30. The Hall–Kier alpha value is -1.38. The number of anilines is 1. The number of hydrogen-bond acceptors (Lipinski definition) is 3. The number of aromatic hydroxyl groups is 1. The minimum absolute atomic E-state index is 0.0819. The van der Waals surface area contributed by atoms with E-state index in [1.54, 1.807) is 6.07 Å². The Kier molecular flexibility index (Phi) is 2.43. The predicted molar refractivity (Wildman–Crippen MR) is 48.4 cm³/mol. The third-order valence-electron chi connectivity index (χ3n) is 1.65. The summed E-state index contributed by atoms with van der Waals surface area (Å²) in [4.78, 5) is 0. The number of rotatable bonds is 2. The number of aryl methyl sites for hydroxylation is 1. The molecule has 66 valence electrons. The summed E-state index contributed by atoms with van der Waals surface area (Å²) < 4.78 is 5.21. The molecule has 12 heavy (non-hydrogen) atoms. The van der Waals surface area contributed by atoms with E-state index < -0.39 is 0 Å². The summed E-state index contributed by atoms with van der Waals surface area (Å²) in [6.45, 7) is 4.31. The Morgan fingerprint density at radius 1 is 1.50 bits per heavy atom. The third kappa shape index (κ3) is 1.61. The van der Waals surface area contributed by atoms with Crippen molar-refractivity contribution in [3.63, 3.8) is 0 Å². The second-order valence-corrected chi connectivity index (χ2v) is 2.61. The standard InChI is InChI=1S/C9H13NO2/c1-3-12-7-4-6(2)9(10)8(11)5-7/h4-5,11H,3,10H2,1-2H3. The molecular formula is C9H13NO2. The topological polar surface area (TPSA) is 55.5 Å². The highest BCUT2D eigenvalue weighted by Gasteiger charge is 2.03. The number of benzene rings is 1. The van der Waals surface area contributed by atoms with Crippen molar-refractivity contribution in [3.8, 4) is 11.5 Å². The molecule has 0 aliphatic rings. The molecule has 0 saturated heterocycles. The van der Waals surface area contributed by atoms with E-state index in [9.17, 15) is 5.11 Å². The summed E-state index contributed by atoms with van der Waals surface area (Å²) in [5.74, 6) is 0.736. The molecule has 1 aromatic carbocycles. The molecule has 3 nitrogen and oxygen atoms in total. The third-order valence-corrected chi connectivity index (χ3v) is 1.65. The van der Waals surface area contributed by atoms with Gasteiger partial charge >= 0.3 is 0 Å². The lowest BCUT2D eigenvalue weighted by Gasteiger charge is -2.07. The van der Waals surface area contributed by atoms with Crippen molar-refractivity contribution >= 4 is 5.69 Å². The van der Waals surface area contributed by atoms with Crippen LogP contribution in [0, 0.1) is 6.92 Å². The van der Waals surface area contributed by atoms with Crippen LogP contribution in [-0.2, 0) is 0 Å². The molecule has 0 aliphatic carbocycles. The number of phenolic OH excluding ortho intramolecular Hbond substituents is 1. The van der Waals surface area contributed by atoms with E-state index in [-0.39, 0.29) is 5.75 Å². The first-order valence-corrected chi connectivity index (χ1v) is 3.87. The Labute approximate surface area is 71.8 Å². The van der Waals surface area contributed by atoms with Gasteiger partial charge in [0.05, 0.1) is 12.3 Å². The molecular weight excluding hydrogens is 154 g/mol. The first-order valence-electron chi connectivity index (χ1n) is 3.87. The molecule has 0 unspecified atom stereocenters. The Morgan fingerprint density at radius 3 is 2.67 bits per heavy atom. The van der Waals surface area contributed by atoms with Gasteiger partial charge in [-0.3, -0.25) is 0 Å². The summed E-state index contributed by atoms with van der Waals surface area (Å²) >= 11 is 0.